The second-order valence-electron chi connectivity index (χ2n) is 8.41. The van der Waals surface area contributed by atoms with Crippen LogP contribution in [0.4, 0.5) is 5.69 Å². The van der Waals surface area contributed by atoms with E-state index < -0.39 is 0 Å². The van der Waals surface area contributed by atoms with Crippen LogP contribution in [0.2, 0.25) is 0 Å². The van der Waals surface area contributed by atoms with Gasteiger partial charge in [0, 0.05) is 36.4 Å². The van der Waals surface area contributed by atoms with Gasteiger partial charge in [0.2, 0.25) is 0 Å². The van der Waals surface area contributed by atoms with Gasteiger partial charge in [-0.1, -0.05) is 18.8 Å². The van der Waals surface area contributed by atoms with Crippen LogP contribution in [0.25, 0.3) is 0 Å². The predicted molar refractivity (Wildman–Crippen MR) is 119 cm³/mol. The number of hydrogen-bond acceptors (Lipinski definition) is 4. The van der Waals surface area contributed by atoms with Gasteiger partial charge in [0.1, 0.15) is 5.76 Å². The molecule has 30 heavy (non-hydrogen) atoms. The van der Waals surface area contributed by atoms with Crippen molar-refractivity contribution in [2.75, 3.05) is 24.5 Å². The molecule has 158 valence electrons. The van der Waals surface area contributed by atoms with Crippen LogP contribution in [0.15, 0.2) is 47.1 Å². The Bertz CT molecular complexity index is 840. The smallest absolute Gasteiger partial charge is 0.251 e. The molecular formula is C25H31N3O2. The molecule has 0 spiro atoms. The van der Waals surface area contributed by atoms with E-state index in [4.69, 9.17) is 10.8 Å². The molecule has 1 aliphatic carbocycles. The first-order chi connectivity index (χ1) is 14.7. The van der Waals surface area contributed by atoms with Gasteiger partial charge in [-0.2, -0.15) is 0 Å². The highest BCUT2D eigenvalue weighted by Gasteiger charge is 2.25. The Kier molecular flexibility index (Phi) is 6.76. The maximum Gasteiger partial charge on any atom is 0.251 e. The lowest BCUT2D eigenvalue weighted by molar-refractivity contribution is 0.0938. The maximum absolute atomic E-state index is 12.4. The fourth-order valence-electron chi connectivity index (χ4n) is 4.69. The van der Waals surface area contributed by atoms with Crippen molar-refractivity contribution in [3.63, 3.8) is 0 Å². The Balaban J connectivity index is 1.31. The fourth-order valence-corrected chi connectivity index (χ4v) is 4.69. The largest absolute Gasteiger partial charge is 0.468 e. The van der Waals surface area contributed by atoms with Gasteiger partial charge < -0.3 is 14.6 Å². The number of terminal acetylenes is 1. The zero-order valence-electron chi connectivity index (χ0n) is 17.6. The van der Waals surface area contributed by atoms with Crippen LogP contribution < -0.4 is 10.2 Å². The van der Waals surface area contributed by atoms with E-state index >= 15 is 0 Å². The number of furan rings is 1. The lowest BCUT2D eigenvalue weighted by Crippen LogP contribution is -2.44. The Morgan fingerprint density at radius 3 is 2.50 bits per heavy atom. The third-order valence-electron chi connectivity index (χ3n) is 6.40. The second kappa shape index (κ2) is 9.86. The van der Waals surface area contributed by atoms with Crippen LogP contribution in [0.3, 0.4) is 0 Å². The third kappa shape index (κ3) is 5.06. The topological polar surface area (TPSA) is 48.7 Å². The molecule has 0 unspecified atom stereocenters. The van der Waals surface area contributed by atoms with Crippen molar-refractivity contribution < 1.29 is 9.21 Å². The molecule has 5 nitrogen and oxygen atoms in total. The summed E-state index contributed by atoms with van der Waals surface area (Å²) in [6.07, 6.45) is 14.1. The van der Waals surface area contributed by atoms with E-state index in [0.717, 1.165) is 56.6 Å². The average molecular weight is 406 g/mol. The zero-order valence-corrected chi connectivity index (χ0v) is 17.6. The summed E-state index contributed by atoms with van der Waals surface area (Å²) in [5.74, 6) is 3.80. The Hall–Kier alpha value is -2.71. The number of nitrogens with zero attached hydrogens (tertiary/aromatic N) is 2. The van der Waals surface area contributed by atoms with Gasteiger partial charge in [0.25, 0.3) is 5.91 Å². The van der Waals surface area contributed by atoms with Gasteiger partial charge in [-0.3, -0.25) is 9.69 Å². The first-order valence-electron chi connectivity index (χ1n) is 11.1. The zero-order chi connectivity index (χ0) is 20.8. The number of carbonyl (C=O) groups excluding carboxylic acids is 1. The Morgan fingerprint density at radius 2 is 1.87 bits per heavy atom. The first kappa shape index (κ1) is 20.6. The fraction of sp³-hybridized carbons (Fsp3) is 0.480. The number of anilines is 1. The summed E-state index contributed by atoms with van der Waals surface area (Å²) in [7, 11) is 0. The van der Waals surface area contributed by atoms with Gasteiger partial charge >= 0.3 is 0 Å². The number of hydrogen-bond donors (Lipinski definition) is 1. The minimum absolute atomic E-state index is 0.0509. The molecule has 2 aliphatic rings. The maximum atomic E-state index is 12.4. The number of rotatable bonds is 7. The number of benzene rings is 1. The molecule has 1 aromatic heterocycles. The van der Waals surface area contributed by atoms with Gasteiger partial charge in [-0.05, 0) is 62.1 Å². The van der Waals surface area contributed by atoms with Gasteiger partial charge in [-0.15, -0.1) is 6.42 Å². The minimum atomic E-state index is 0.0509. The standard InChI is InChI=1S/C25H31N3O2/c1-2-15-28(19-24-8-5-18-30-24)23-13-16-27(17-14-23)22-11-9-20(10-12-22)25(29)26-21-6-3-4-7-21/h1,5,8-12,18,21,23H,3-4,6-7,13-17,19H2,(H,26,29). The van der Waals surface area contributed by atoms with Gasteiger partial charge in [0.05, 0.1) is 19.4 Å². The van der Waals surface area contributed by atoms with E-state index in [2.05, 4.69) is 33.2 Å². The predicted octanol–water partition coefficient (Wildman–Crippen LogP) is 4.06. The van der Waals surface area contributed by atoms with Crippen LogP contribution in [0.1, 0.15) is 54.6 Å². The molecule has 0 atom stereocenters. The molecule has 2 heterocycles. The van der Waals surface area contributed by atoms with Crippen LogP contribution in [-0.4, -0.2) is 42.5 Å². The number of amides is 1. The summed E-state index contributed by atoms with van der Waals surface area (Å²) in [6.45, 7) is 3.36. The minimum Gasteiger partial charge on any atom is -0.468 e. The first-order valence-corrected chi connectivity index (χ1v) is 11.1. The van der Waals surface area contributed by atoms with E-state index in [1.165, 1.54) is 18.5 Å². The molecule has 2 aromatic rings. The third-order valence-corrected chi connectivity index (χ3v) is 6.40. The summed E-state index contributed by atoms with van der Waals surface area (Å²) in [6, 6.07) is 12.8. The molecule has 2 fully saturated rings. The lowest BCUT2D eigenvalue weighted by Gasteiger charge is -2.38. The van der Waals surface area contributed by atoms with Crippen molar-refractivity contribution in [1.29, 1.82) is 0 Å². The monoisotopic (exact) mass is 405 g/mol. The molecule has 1 saturated carbocycles. The van der Waals surface area contributed by atoms with Gasteiger partial charge in [-0.25, -0.2) is 0 Å². The SMILES string of the molecule is C#CCN(Cc1ccco1)C1CCN(c2ccc(C(=O)NC3CCCC3)cc2)CC1. The molecule has 1 amide bonds. The highest BCUT2D eigenvalue weighted by molar-refractivity contribution is 5.94. The van der Waals surface area contributed by atoms with E-state index in [1.807, 2.05) is 24.3 Å². The molecule has 1 aromatic carbocycles. The summed E-state index contributed by atoms with van der Waals surface area (Å²) in [4.78, 5) is 17.2. The number of nitrogens with one attached hydrogen (secondary N) is 1. The second-order valence-corrected chi connectivity index (χ2v) is 8.41. The van der Waals surface area contributed by atoms with Gasteiger partial charge in [0.15, 0.2) is 0 Å². The quantitative estimate of drug-likeness (QED) is 0.706. The molecular weight excluding hydrogens is 374 g/mol. The molecule has 4 rings (SSSR count). The summed E-state index contributed by atoms with van der Waals surface area (Å²) < 4.78 is 5.51. The van der Waals surface area contributed by atoms with Crippen molar-refractivity contribution in [1.82, 2.24) is 10.2 Å². The number of piperidine rings is 1. The number of carbonyl (C=O) groups is 1. The molecule has 1 saturated heterocycles. The highest BCUT2D eigenvalue weighted by Crippen LogP contribution is 2.24. The average Bonchev–Trinajstić information content (AvgIpc) is 3.48. The van der Waals surface area contributed by atoms with E-state index in [9.17, 15) is 4.79 Å². The van der Waals surface area contributed by atoms with Crippen LogP contribution in [0.5, 0.6) is 0 Å². The van der Waals surface area contributed by atoms with Crippen LogP contribution in [-0.2, 0) is 6.54 Å². The Labute approximate surface area is 179 Å². The molecule has 0 radical (unpaired) electrons. The summed E-state index contributed by atoms with van der Waals surface area (Å²) >= 11 is 0. The van der Waals surface area contributed by atoms with Crippen molar-refractivity contribution >= 4 is 11.6 Å². The Morgan fingerprint density at radius 1 is 1.13 bits per heavy atom. The molecule has 1 N–H and O–H groups in total. The van der Waals surface area contributed by atoms with Crippen molar-refractivity contribution in [2.24, 2.45) is 0 Å². The van der Waals surface area contributed by atoms with Crippen molar-refractivity contribution in [3.05, 3.63) is 54.0 Å². The normalized spacial score (nSPS) is 17.9. The van der Waals surface area contributed by atoms with Crippen molar-refractivity contribution in [3.8, 4) is 12.3 Å². The van der Waals surface area contributed by atoms with Crippen LogP contribution >= 0.6 is 0 Å². The molecule has 1 aliphatic heterocycles. The summed E-state index contributed by atoms with van der Waals surface area (Å²) in [5.41, 5.74) is 1.93. The molecule has 5 heteroatoms. The van der Waals surface area contributed by atoms with E-state index in [0.29, 0.717) is 18.6 Å². The van der Waals surface area contributed by atoms with E-state index in [1.54, 1.807) is 6.26 Å². The lowest BCUT2D eigenvalue weighted by atomic mass is 10.0. The van der Waals surface area contributed by atoms with E-state index in [-0.39, 0.29) is 5.91 Å². The van der Waals surface area contributed by atoms with Crippen LogP contribution in [0, 0.1) is 12.3 Å². The highest BCUT2D eigenvalue weighted by atomic mass is 16.3. The summed E-state index contributed by atoms with van der Waals surface area (Å²) in [5, 5.41) is 3.16. The molecule has 0 bridgehead atoms. The van der Waals surface area contributed by atoms with Crippen molar-refractivity contribution in [2.45, 2.75) is 57.2 Å².